The van der Waals surface area contributed by atoms with Gasteiger partial charge in [0.25, 0.3) is 0 Å². The minimum Gasteiger partial charge on any atom is -0.468 e. The molecule has 0 unspecified atom stereocenters. The Hall–Kier alpha value is -2.37. The second-order valence-electron chi connectivity index (χ2n) is 4.75. The molecule has 2 rings (SSSR count). The Labute approximate surface area is 123 Å². The quantitative estimate of drug-likeness (QED) is 0.816. The van der Waals surface area contributed by atoms with E-state index in [1.807, 2.05) is 30.3 Å². The van der Waals surface area contributed by atoms with Crippen LogP contribution in [0.2, 0.25) is 0 Å². The number of nitrogens with one attached hydrogen (secondary N) is 1. The van der Waals surface area contributed by atoms with E-state index in [0.717, 1.165) is 12.0 Å². The van der Waals surface area contributed by atoms with E-state index in [4.69, 9.17) is 4.74 Å². The van der Waals surface area contributed by atoms with Gasteiger partial charge in [-0.3, -0.25) is 4.79 Å². The summed E-state index contributed by atoms with van der Waals surface area (Å²) in [7, 11) is 2.56. The number of ether oxygens (including phenoxy) is 2. The van der Waals surface area contributed by atoms with Crippen LogP contribution >= 0.6 is 0 Å². The first-order valence-corrected chi connectivity index (χ1v) is 6.70. The van der Waals surface area contributed by atoms with E-state index in [0.29, 0.717) is 6.42 Å². The smallest absolute Gasteiger partial charge is 0.355 e. The minimum absolute atomic E-state index is 0.0717. The number of carbonyl (C=O) groups excluding carboxylic acids is 2. The fraction of sp³-hybridized carbons (Fsp3) is 0.400. The molecule has 0 fully saturated rings. The van der Waals surface area contributed by atoms with E-state index in [9.17, 15) is 9.59 Å². The number of carbonyl (C=O) groups is 2. The molecule has 6 heteroatoms. The first-order chi connectivity index (χ1) is 10.2. The first kappa shape index (κ1) is 15.0. The standard InChI is InChI=1S/C15H18N2O4/c1-20-14(18)12-11(16-17-13(12)15(19)21-2)9-8-10-6-4-3-5-7-10/h3-7,11-12,16H,8-9H2,1-2H3/t11-,12-/m0/s1. The highest BCUT2D eigenvalue weighted by molar-refractivity contribution is 6.41. The van der Waals surface area contributed by atoms with Crippen molar-refractivity contribution in [2.24, 2.45) is 11.0 Å². The maximum absolute atomic E-state index is 11.9. The lowest BCUT2D eigenvalue weighted by Crippen LogP contribution is -2.39. The van der Waals surface area contributed by atoms with Crippen LogP contribution in [0.25, 0.3) is 0 Å². The van der Waals surface area contributed by atoms with Gasteiger partial charge < -0.3 is 14.9 Å². The number of nitrogens with zero attached hydrogens (tertiary/aromatic N) is 1. The van der Waals surface area contributed by atoms with Crippen LogP contribution in [-0.4, -0.2) is 37.9 Å². The molecule has 1 aliphatic heterocycles. The van der Waals surface area contributed by atoms with Crippen molar-refractivity contribution in [3.05, 3.63) is 35.9 Å². The lowest BCUT2D eigenvalue weighted by molar-refractivity contribution is -0.145. The minimum atomic E-state index is -0.730. The Morgan fingerprint density at radius 3 is 2.52 bits per heavy atom. The van der Waals surface area contributed by atoms with Gasteiger partial charge in [-0.15, -0.1) is 0 Å². The third-order valence-corrected chi connectivity index (χ3v) is 3.48. The van der Waals surface area contributed by atoms with Crippen LogP contribution in [0.3, 0.4) is 0 Å². The van der Waals surface area contributed by atoms with Crippen LogP contribution in [-0.2, 0) is 25.5 Å². The van der Waals surface area contributed by atoms with E-state index >= 15 is 0 Å². The van der Waals surface area contributed by atoms with Gasteiger partial charge in [-0.2, -0.15) is 5.10 Å². The SMILES string of the molecule is COC(=O)C1=NN[C@@H](CCc2ccccc2)[C@@H]1C(=O)OC. The van der Waals surface area contributed by atoms with Crippen molar-refractivity contribution in [2.45, 2.75) is 18.9 Å². The number of methoxy groups -OCH3 is 2. The fourth-order valence-corrected chi connectivity index (χ4v) is 2.37. The van der Waals surface area contributed by atoms with Gasteiger partial charge in [0, 0.05) is 0 Å². The zero-order chi connectivity index (χ0) is 15.2. The summed E-state index contributed by atoms with van der Waals surface area (Å²) in [5, 5.41) is 3.94. The normalized spacial score (nSPS) is 20.4. The Morgan fingerprint density at radius 1 is 1.19 bits per heavy atom. The topological polar surface area (TPSA) is 77.0 Å². The van der Waals surface area contributed by atoms with Crippen LogP contribution in [0.15, 0.2) is 35.4 Å². The second kappa shape index (κ2) is 6.88. The average molecular weight is 290 g/mol. The van der Waals surface area contributed by atoms with Gasteiger partial charge in [-0.05, 0) is 18.4 Å². The predicted octanol–water partition coefficient (Wildman–Crippen LogP) is 0.909. The molecule has 1 aromatic carbocycles. The van der Waals surface area contributed by atoms with Crippen molar-refractivity contribution in [2.75, 3.05) is 14.2 Å². The van der Waals surface area contributed by atoms with Gasteiger partial charge >= 0.3 is 11.9 Å². The molecule has 6 nitrogen and oxygen atoms in total. The maximum atomic E-state index is 11.9. The van der Waals surface area contributed by atoms with Crippen LogP contribution in [0.4, 0.5) is 0 Å². The Morgan fingerprint density at radius 2 is 1.90 bits per heavy atom. The number of hydrogen-bond donors (Lipinski definition) is 1. The molecular formula is C15H18N2O4. The summed E-state index contributed by atoms with van der Waals surface area (Å²) in [4.78, 5) is 23.6. The third-order valence-electron chi connectivity index (χ3n) is 3.48. The Balaban J connectivity index is 2.06. The third kappa shape index (κ3) is 3.39. The Kier molecular flexibility index (Phi) is 4.92. The molecule has 0 saturated heterocycles. The molecule has 1 N–H and O–H groups in total. The Bertz CT molecular complexity index is 542. The van der Waals surface area contributed by atoms with Crippen LogP contribution in [0.1, 0.15) is 12.0 Å². The molecule has 21 heavy (non-hydrogen) atoms. The summed E-state index contributed by atoms with van der Waals surface area (Å²) in [6, 6.07) is 9.64. The van der Waals surface area contributed by atoms with Gasteiger partial charge in [0.1, 0.15) is 5.92 Å². The molecule has 0 bridgehead atoms. The molecule has 0 aromatic heterocycles. The van der Waals surface area contributed by atoms with Gasteiger partial charge in [0.2, 0.25) is 0 Å². The highest BCUT2D eigenvalue weighted by Gasteiger charge is 2.42. The molecule has 1 aromatic rings. The van der Waals surface area contributed by atoms with Crippen molar-refractivity contribution in [1.82, 2.24) is 5.43 Å². The van der Waals surface area contributed by atoms with Crippen LogP contribution in [0.5, 0.6) is 0 Å². The molecule has 0 radical (unpaired) electrons. The number of rotatable bonds is 5. The molecule has 1 heterocycles. The van der Waals surface area contributed by atoms with Crippen molar-refractivity contribution < 1.29 is 19.1 Å². The summed E-state index contributed by atoms with van der Waals surface area (Å²) in [6.07, 6.45) is 1.43. The molecule has 1 aliphatic rings. The first-order valence-electron chi connectivity index (χ1n) is 6.70. The highest BCUT2D eigenvalue weighted by atomic mass is 16.5. The van der Waals surface area contributed by atoms with Gasteiger partial charge in [-0.25, -0.2) is 4.79 Å². The van der Waals surface area contributed by atoms with E-state index in [-0.39, 0.29) is 11.8 Å². The van der Waals surface area contributed by atoms with Crippen LogP contribution < -0.4 is 5.43 Å². The van der Waals surface area contributed by atoms with Gasteiger partial charge in [-0.1, -0.05) is 30.3 Å². The monoisotopic (exact) mass is 290 g/mol. The number of aryl methyl sites for hydroxylation is 1. The predicted molar refractivity (Wildman–Crippen MR) is 76.6 cm³/mol. The van der Waals surface area contributed by atoms with Gasteiger partial charge in [0.15, 0.2) is 5.71 Å². The summed E-state index contributed by atoms with van der Waals surface area (Å²) in [5.41, 5.74) is 4.08. The van der Waals surface area contributed by atoms with Crippen molar-refractivity contribution in [1.29, 1.82) is 0 Å². The van der Waals surface area contributed by atoms with E-state index in [2.05, 4.69) is 15.3 Å². The second-order valence-corrected chi connectivity index (χ2v) is 4.75. The lowest BCUT2D eigenvalue weighted by Gasteiger charge is -2.17. The molecule has 0 amide bonds. The zero-order valence-corrected chi connectivity index (χ0v) is 12.0. The number of hydrogen-bond acceptors (Lipinski definition) is 6. The molecular weight excluding hydrogens is 272 g/mol. The van der Waals surface area contributed by atoms with E-state index in [1.165, 1.54) is 14.2 Å². The van der Waals surface area contributed by atoms with Crippen molar-refractivity contribution in [3.63, 3.8) is 0 Å². The van der Waals surface area contributed by atoms with E-state index < -0.39 is 17.9 Å². The molecule has 2 atom stereocenters. The van der Waals surface area contributed by atoms with Crippen molar-refractivity contribution in [3.8, 4) is 0 Å². The van der Waals surface area contributed by atoms with Gasteiger partial charge in [0.05, 0.1) is 20.3 Å². The number of hydrazone groups is 1. The molecule has 112 valence electrons. The number of esters is 2. The fourth-order valence-electron chi connectivity index (χ4n) is 2.37. The number of benzene rings is 1. The highest BCUT2D eigenvalue weighted by Crippen LogP contribution is 2.20. The summed E-state index contributed by atoms with van der Waals surface area (Å²) < 4.78 is 9.43. The molecule has 0 aliphatic carbocycles. The average Bonchev–Trinajstić information content (AvgIpc) is 2.96. The van der Waals surface area contributed by atoms with Crippen LogP contribution in [0, 0.1) is 5.92 Å². The molecule has 0 spiro atoms. The zero-order valence-electron chi connectivity index (χ0n) is 12.0. The molecule has 0 saturated carbocycles. The lowest BCUT2D eigenvalue weighted by atomic mass is 9.91. The summed E-state index contributed by atoms with van der Waals surface area (Å²) >= 11 is 0. The summed E-state index contributed by atoms with van der Waals surface area (Å²) in [6.45, 7) is 0. The summed E-state index contributed by atoms with van der Waals surface area (Å²) in [5.74, 6) is -1.83. The van der Waals surface area contributed by atoms with Crippen molar-refractivity contribution >= 4 is 17.7 Å². The largest absolute Gasteiger partial charge is 0.468 e. The maximum Gasteiger partial charge on any atom is 0.355 e. The van der Waals surface area contributed by atoms with E-state index in [1.54, 1.807) is 0 Å².